The molecule has 0 fully saturated rings. The first-order chi connectivity index (χ1) is 5.37. The molecule has 0 aromatic heterocycles. The Bertz CT molecular complexity index is 117. The smallest absolute Gasteiger partial charge is 0.115 e. The zero-order valence-corrected chi connectivity index (χ0v) is 8.95. The third-order valence-electron chi connectivity index (χ3n) is 2.09. The Balaban J connectivity index is 3.64. The van der Waals surface area contributed by atoms with E-state index >= 15 is 0 Å². The standard InChI is InChI=1S/C10H22FN/c1-6-8(2)9(11)7-12-10(3,4)5/h8-9,12H,6-7H2,1-5H3. The molecule has 0 radical (unpaired) electrons. The fourth-order valence-corrected chi connectivity index (χ4v) is 0.861. The van der Waals surface area contributed by atoms with Crippen molar-refractivity contribution in [3.05, 3.63) is 0 Å². The summed E-state index contributed by atoms with van der Waals surface area (Å²) >= 11 is 0. The molecule has 0 amide bonds. The van der Waals surface area contributed by atoms with Crippen LogP contribution in [0.15, 0.2) is 0 Å². The van der Waals surface area contributed by atoms with Gasteiger partial charge in [0.1, 0.15) is 6.17 Å². The molecule has 0 rings (SSSR count). The topological polar surface area (TPSA) is 12.0 Å². The first-order valence-electron chi connectivity index (χ1n) is 4.76. The first kappa shape index (κ1) is 11.9. The average molecular weight is 175 g/mol. The van der Waals surface area contributed by atoms with Crippen molar-refractivity contribution in [1.82, 2.24) is 5.32 Å². The van der Waals surface area contributed by atoms with E-state index in [9.17, 15) is 4.39 Å². The molecule has 2 unspecified atom stereocenters. The Morgan fingerprint density at radius 2 is 1.83 bits per heavy atom. The predicted molar refractivity (Wildman–Crippen MR) is 52.1 cm³/mol. The van der Waals surface area contributed by atoms with Gasteiger partial charge in [0.25, 0.3) is 0 Å². The number of hydrogen-bond donors (Lipinski definition) is 1. The van der Waals surface area contributed by atoms with E-state index in [1.165, 1.54) is 0 Å². The van der Waals surface area contributed by atoms with Crippen molar-refractivity contribution in [3.63, 3.8) is 0 Å². The van der Waals surface area contributed by atoms with Crippen molar-refractivity contribution in [2.24, 2.45) is 5.92 Å². The summed E-state index contributed by atoms with van der Waals surface area (Å²) in [5.74, 6) is 0.167. The van der Waals surface area contributed by atoms with E-state index in [0.717, 1.165) is 6.42 Å². The molecule has 0 heterocycles. The SMILES string of the molecule is CCC(C)C(F)CNC(C)(C)C. The molecule has 0 aliphatic rings. The van der Waals surface area contributed by atoms with Gasteiger partial charge >= 0.3 is 0 Å². The highest BCUT2D eigenvalue weighted by molar-refractivity contribution is 4.74. The fourth-order valence-electron chi connectivity index (χ4n) is 0.861. The predicted octanol–water partition coefficient (Wildman–Crippen LogP) is 2.76. The quantitative estimate of drug-likeness (QED) is 0.692. The molecular weight excluding hydrogens is 153 g/mol. The normalized spacial score (nSPS) is 17.5. The molecular formula is C10H22FN. The molecule has 0 aliphatic heterocycles. The van der Waals surface area contributed by atoms with Gasteiger partial charge in [-0.15, -0.1) is 0 Å². The van der Waals surface area contributed by atoms with Crippen LogP contribution in [0, 0.1) is 5.92 Å². The average Bonchev–Trinajstić information content (AvgIpc) is 1.97. The van der Waals surface area contributed by atoms with Gasteiger partial charge in [0.2, 0.25) is 0 Å². The lowest BCUT2D eigenvalue weighted by atomic mass is 10.0. The van der Waals surface area contributed by atoms with Gasteiger partial charge in [-0.3, -0.25) is 0 Å². The lowest BCUT2D eigenvalue weighted by Gasteiger charge is -2.24. The van der Waals surface area contributed by atoms with Gasteiger partial charge in [-0.05, 0) is 26.7 Å². The maximum Gasteiger partial charge on any atom is 0.115 e. The van der Waals surface area contributed by atoms with Crippen LogP contribution < -0.4 is 5.32 Å². The molecule has 12 heavy (non-hydrogen) atoms. The zero-order chi connectivity index (χ0) is 9.78. The summed E-state index contributed by atoms with van der Waals surface area (Å²) in [6.07, 6.45) is 0.196. The third-order valence-corrected chi connectivity index (χ3v) is 2.09. The van der Waals surface area contributed by atoms with Crippen LogP contribution in [-0.2, 0) is 0 Å². The molecule has 1 N–H and O–H groups in total. The lowest BCUT2D eigenvalue weighted by molar-refractivity contribution is 0.212. The minimum absolute atomic E-state index is 0.0256. The molecule has 0 aliphatic carbocycles. The van der Waals surface area contributed by atoms with Gasteiger partial charge in [-0.1, -0.05) is 20.3 Å². The van der Waals surface area contributed by atoms with Gasteiger partial charge in [0, 0.05) is 12.1 Å². The van der Waals surface area contributed by atoms with Crippen molar-refractivity contribution in [3.8, 4) is 0 Å². The van der Waals surface area contributed by atoms with Gasteiger partial charge in [0.05, 0.1) is 0 Å². The van der Waals surface area contributed by atoms with Crippen molar-refractivity contribution in [2.75, 3.05) is 6.54 Å². The molecule has 0 bridgehead atoms. The molecule has 1 nitrogen and oxygen atoms in total. The van der Waals surface area contributed by atoms with Gasteiger partial charge in [-0.25, -0.2) is 4.39 Å². The summed E-state index contributed by atoms with van der Waals surface area (Å²) in [7, 11) is 0. The van der Waals surface area contributed by atoms with Crippen LogP contribution in [0.4, 0.5) is 4.39 Å². The van der Waals surface area contributed by atoms with Crippen LogP contribution in [0.3, 0.4) is 0 Å². The van der Waals surface area contributed by atoms with E-state index in [0.29, 0.717) is 6.54 Å². The van der Waals surface area contributed by atoms with Gasteiger partial charge < -0.3 is 5.32 Å². The van der Waals surface area contributed by atoms with Crippen LogP contribution in [0.2, 0.25) is 0 Å². The maximum atomic E-state index is 13.3. The van der Waals surface area contributed by atoms with E-state index < -0.39 is 6.17 Å². The molecule has 74 valence electrons. The van der Waals surface area contributed by atoms with E-state index in [4.69, 9.17) is 0 Å². The maximum absolute atomic E-state index is 13.3. The highest BCUT2D eigenvalue weighted by Crippen LogP contribution is 2.11. The largest absolute Gasteiger partial charge is 0.309 e. The van der Waals surface area contributed by atoms with Gasteiger partial charge in [-0.2, -0.15) is 0 Å². The van der Waals surface area contributed by atoms with E-state index in [1.54, 1.807) is 0 Å². The zero-order valence-electron chi connectivity index (χ0n) is 8.95. The number of nitrogens with one attached hydrogen (secondary N) is 1. The summed E-state index contributed by atoms with van der Waals surface area (Å²) in [6, 6.07) is 0. The lowest BCUT2D eigenvalue weighted by Crippen LogP contribution is -2.41. The number of alkyl halides is 1. The summed E-state index contributed by atoms with van der Waals surface area (Å²) in [5, 5.41) is 3.16. The number of rotatable bonds is 4. The molecule has 0 spiro atoms. The van der Waals surface area contributed by atoms with Crippen molar-refractivity contribution in [1.29, 1.82) is 0 Å². The Hall–Kier alpha value is -0.110. The van der Waals surface area contributed by atoms with Crippen LogP contribution >= 0.6 is 0 Å². The minimum Gasteiger partial charge on any atom is -0.309 e. The number of halogens is 1. The van der Waals surface area contributed by atoms with Crippen LogP contribution in [0.25, 0.3) is 0 Å². The summed E-state index contributed by atoms with van der Waals surface area (Å²) in [4.78, 5) is 0. The molecule has 0 saturated carbocycles. The van der Waals surface area contributed by atoms with Crippen molar-refractivity contribution < 1.29 is 4.39 Å². The van der Waals surface area contributed by atoms with Crippen molar-refractivity contribution in [2.45, 2.75) is 52.8 Å². The van der Waals surface area contributed by atoms with E-state index in [1.807, 2.05) is 13.8 Å². The minimum atomic E-state index is -0.714. The summed E-state index contributed by atoms with van der Waals surface area (Å²) < 4.78 is 13.3. The molecule has 2 atom stereocenters. The monoisotopic (exact) mass is 175 g/mol. The second-order valence-corrected chi connectivity index (χ2v) is 4.53. The number of hydrogen-bond acceptors (Lipinski definition) is 1. The Kier molecular flexibility index (Phi) is 4.76. The Labute approximate surface area is 75.7 Å². The van der Waals surface area contributed by atoms with E-state index in [2.05, 4.69) is 26.1 Å². The van der Waals surface area contributed by atoms with Crippen molar-refractivity contribution >= 4 is 0 Å². The Morgan fingerprint density at radius 1 is 1.33 bits per heavy atom. The van der Waals surface area contributed by atoms with E-state index in [-0.39, 0.29) is 11.5 Å². The second-order valence-electron chi connectivity index (χ2n) is 4.53. The Morgan fingerprint density at radius 3 is 2.17 bits per heavy atom. The van der Waals surface area contributed by atoms with Crippen LogP contribution in [-0.4, -0.2) is 18.3 Å². The van der Waals surface area contributed by atoms with Crippen LogP contribution in [0.1, 0.15) is 41.0 Å². The molecule has 0 aromatic rings. The summed E-state index contributed by atoms with van der Waals surface area (Å²) in [6.45, 7) is 10.6. The van der Waals surface area contributed by atoms with Gasteiger partial charge in [0.15, 0.2) is 0 Å². The first-order valence-corrected chi connectivity index (χ1v) is 4.76. The van der Waals surface area contributed by atoms with Crippen LogP contribution in [0.5, 0.6) is 0 Å². The highest BCUT2D eigenvalue weighted by Gasteiger charge is 2.17. The molecule has 2 heteroatoms. The molecule has 0 aromatic carbocycles. The highest BCUT2D eigenvalue weighted by atomic mass is 19.1. The fraction of sp³-hybridized carbons (Fsp3) is 1.00. The molecule has 0 saturated heterocycles. The third kappa shape index (κ3) is 5.53. The summed E-state index contributed by atoms with van der Waals surface area (Å²) in [5.41, 5.74) is 0.0256. The second kappa shape index (κ2) is 4.80.